The predicted molar refractivity (Wildman–Crippen MR) is 98.6 cm³/mol. The summed E-state index contributed by atoms with van der Waals surface area (Å²) in [7, 11) is 3.32. The van der Waals surface area contributed by atoms with Crippen LogP contribution in [-0.2, 0) is 26.0 Å². The van der Waals surface area contributed by atoms with Crippen molar-refractivity contribution in [3.63, 3.8) is 0 Å². The number of benzene rings is 2. The van der Waals surface area contributed by atoms with Crippen LogP contribution in [0.5, 0.6) is 23.0 Å². The third-order valence-electron chi connectivity index (χ3n) is 6.04. The standard InChI is InChI=1S/C21H23NO5/c1-24-18-8-19(25-2)16(10-23)14-6-17-13-7-21-20(26-11-27-21)5-12(13)3-4-22(17)9-15(14)18/h5,7-8,17,23H,3-4,6,9-11H2,1-2H3. The number of aliphatic hydroxyl groups is 1. The number of hydrogen-bond donors (Lipinski definition) is 1. The fraction of sp³-hybridized carbons (Fsp3) is 0.429. The number of hydrogen-bond acceptors (Lipinski definition) is 6. The summed E-state index contributed by atoms with van der Waals surface area (Å²) >= 11 is 0. The molecule has 0 bridgehead atoms. The quantitative estimate of drug-likeness (QED) is 0.897. The minimum Gasteiger partial charge on any atom is -0.496 e. The summed E-state index contributed by atoms with van der Waals surface area (Å²) in [6.45, 7) is 2.03. The molecule has 0 amide bonds. The van der Waals surface area contributed by atoms with E-state index in [0.29, 0.717) is 12.5 Å². The number of methoxy groups -OCH3 is 2. The van der Waals surface area contributed by atoms with Gasteiger partial charge in [-0.2, -0.15) is 0 Å². The van der Waals surface area contributed by atoms with Crippen molar-refractivity contribution in [1.82, 2.24) is 4.90 Å². The highest BCUT2D eigenvalue weighted by molar-refractivity contribution is 5.56. The Hall–Kier alpha value is -2.44. The van der Waals surface area contributed by atoms with Crippen molar-refractivity contribution in [3.8, 4) is 23.0 Å². The maximum atomic E-state index is 10.0. The van der Waals surface area contributed by atoms with E-state index >= 15 is 0 Å². The first-order valence-corrected chi connectivity index (χ1v) is 9.26. The number of rotatable bonds is 3. The first-order valence-electron chi connectivity index (χ1n) is 9.26. The number of fused-ring (bicyclic) bond motifs is 5. The second-order valence-corrected chi connectivity index (χ2v) is 7.22. The van der Waals surface area contributed by atoms with E-state index < -0.39 is 0 Å². The van der Waals surface area contributed by atoms with E-state index in [1.165, 1.54) is 11.1 Å². The van der Waals surface area contributed by atoms with Gasteiger partial charge in [0.05, 0.1) is 20.8 Å². The molecule has 0 aromatic heterocycles. The summed E-state index contributed by atoms with van der Waals surface area (Å²) in [6.07, 6.45) is 1.80. The lowest BCUT2D eigenvalue weighted by molar-refractivity contribution is 0.156. The molecule has 2 aromatic carbocycles. The second kappa shape index (κ2) is 6.32. The lowest BCUT2D eigenvalue weighted by Crippen LogP contribution is -2.40. The van der Waals surface area contributed by atoms with E-state index in [-0.39, 0.29) is 12.6 Å². The Morgan fingerprint density at radius 2 is 1.85 bits per heavy atom. The molecule has 1 atom stereocenters. The Bertz CT molecular complexity index is 910. The fourth-order valence-corrected chi connectivity index (χ4v) is 4.70. The Balaban J connectivity index is 1.62. The van der Waals surface area contributed by atoms with Crippen molar-refractivity contribution in [2.75, 3.05) is 27.6 Å². The molecular formula is C21H23NO5. The average Bonchev–Trinajstić information content (AvgIpc) is 3.16. The van der Waals surface area contributed by atoms with Gasteiger partial charge in [0.25, 0.3) is 0 Å². The summed E-state index contributed by atoms with van der Waals surface area (Å²) in [6, 6.07) is 6.40. The van der Waals surface area contributed by atoms with Gasteiger partial charge < -0.3 is 24.1 Å². The molecule has 142 valence electrons. The van der Waals surface area contributed by atoms with Crippen molar-refractivity contribution in [2.45, 2.75) is 32.0 Å². The molecule has 0 saturated heterocycles. The van der Waals surface area contributed by atoms with E-state index in [0.717, 1.165) is 59.9 Å². The van der Waals surface area contributed by atoms with Crippen LogP contribution in [0.25, 0.3) is 0 Å². The van der Waals surface area contributed by atoms with Gasteiger partial charge in [-0.1, -0.05) is 0 Å². The van der Waals surface area contributed by atoms with Crippen LogP contribution in [0.2, 0.25) is 0 Å². The molecule has 27 heavy (non-hydrogen) atoms. The first kappa shape index (κ1) is 16.7. The van der Waals surface area contributed by atoms with E-state index in [4.69, 9.17) is 18.9 Å². The zero-order valence-corrected chi connectivity index (χ0v) is 15.6. The molecule has 6 nitrogen and oxygen atoms in total. The molecule has 3 aliphatic rings. The Morgan fingerprint density at radius 1 is 1.07 bits per heavy atom. The highest BCUT2D eigenvalue weighted by atomic mass is 16.7. The summed E-state index contributed by atoms with van der Waals surface area (Å²) in [5, 5.41) is 10.0. The van der Waals surface area contributed by atoms with E-state index in [1.54, 1.807) is 14.2 Å². The third-order valence-corrected chi connectivity index (χ3v) is 6.04. The number of nitrogens with zero attached hydrogens (tertiary/aromatic N) is 1. The summed E-state index contributed by atoms with van der Waals surface area (Å²) in [5.74, 6) is 3.18. The Labute approximate surface area is 158 Å². The van der Waals surface area contributed by atoms with Crippen molar-refractivity contribution >= 4 is 0 Å². The van der Waals surface area contributed by atoms with Gasteiger partial charge in [0.2, 0.25) is 6.79 Å². The zero-order valence-electron chi connectivity index (χ0n) is 15.6. The van der Waals surface area contributed by atoms with Gasteiger partial charge in [-0.05, 0) is 41.7 Å². The Kier molecular flexibility index (Phi) is 3.91. The minimum atomic E-state index is -0.0454. The van der Waals surface area contributed by atoms with Crippen molar-refractivity contribution in [1.29, 1.82) is 0 Å². The maximum Gasteiger partial charge on any atom is 0.231 e. The van der Waals surface area contributed by atoms with Crippen molar-refractivity contribution < 1.29 is 24.1 Å². The van der Waals surface area contributed by atoms with Crippen molar-refractivity contribution in [2.24, 2.45) is 0 Å². The van der Waals surface area contributed by atoms with Crippen LogP contribution in [0, 0.1) is 0 Å². The maximum absolute atomic E-state index is 10.0. The molecule has 6 heteroatoms. The predicted octanol–water partition coefficient (Wildman–Crippen LogP) is 2.58. The summed E-state index contributed by atoms with van der Waals surface area (Å²) in [4.78, 5) is 2.49. The highest BCUT2D eigenvalue weighted by Gasteiger charge is 2.36. The van der Waals surface area contributed by atoms with Crippen LogP contribution >= 0.6 is 0 Å². The van der Waals surface area contributed by atoms with Gasteiger partial charge in [0.15, 0.2) is 11.5 Å². The van der Waals surface area contributed by atoms with Crippen LogP contribution in [0.3, 0.4) is 0 Å². The lowest BCUT2D eigenvalue weighted by atomic mass is 9.81. The van der Waals surface area contributed by atoms with Gasteiger partial charge in [0, 0.05) is 36.3 Å². The largest absolute Gasteiger partial charge is 0.496 e. The molecule has 0 saturated carbocycles. The van der Waals surface area contributed by atoms with Gasteiger partial charge >= 0.3 is 0 Å². The molecule has 0 radical (unpaired) electrons. The minimum absolute atomic E-state index is 0.0454. The van der Waals surface area contributed by atoms with Gasteiger partial charge in [-0.3, -0.25) is 4.90 Å². The number of aliphatic hydroxyl groups excluding tert-OH is 1. The second-order valence-electron chi connectivity index (χ2n) is 7.22. The molecule has 5 rings (SSSR count). The molecule has 1 unspecified atom stereocenters. The Morgan fingerprint density at radius 3 is 2.59 bits per heavy atom. The van der Waals surface area contributed by atoms with Crippen LogP contribution in [0.15, 0.2) is 18.2 Å². The van der Waals surface area contributed by atoms with Crippen LogP contribution in [0.4, 0.5) is 0 Å². The SMILES string of the molecule is COc1cc(OC)c2c(c1CO)CC1c3cc4c(cc3CCN1C2)OCO4. The van der Waals surface area contributed by atoms with E-state index in [2.05, 4.69) is 17.0 Å². The van der Waals surface area contributed by atoms with Crippen molar-refractivity contribution in [3.05, 3.63) is 46.0 Å². The average molecular weight is 369 g/mol. The normalized spacial score (nSPS) is 19.9. The van der Waals surface area contributed by atoms with E-state index in [1.807, 2.05) is 6.07 Å². The molecule has 0 fully saturated rings. The highest BCUT2D eigenvalue weighted by Crippen LogP contribution is 2.47. The number of ether oxygens (including phenoxy) is 4. The summed E-state index contributed by atoms with van der Waals surface area (Å²) < 4.78 is 22.3. The van der Waals surface area contributed by atoms with Crippen LogP contribution in [0.1, 0.15) is 33.9 Å². The van der Waals surface area contributed by atoms with Crippen LogP contribution in [-0.4, -0.2) is 37.6 Å². The first-order chi connectivity index (χ1) is 13.2. The zero-order chi connectivity index (χ0) is 18.5. The monoisotopic (exact) mass is 369 g/mol. The van der Waals surface area contributed by atoms with Gasteiger partial charge in [-0.15, -0.1) is 0 Å². The van der Waals surface area contributed by atoms with E-state index in [9.17, 15) is 5.11 Å². The van der Waals surface area contributed by atoms with Crippen LogP contribution < -0.4 is 18.9 Å². The van der Waals surface area contributed by atoms with Gasteiger partial charge in [0.1, 0.15) is 11.5 Å². The molecule has 0 spiro atoms. The fourth-order valence-electron chi connectivity index (χ4n) is 4.70. The smallest absolute Gasteiger partial charge is 0.231 e. The topological polar surface area (TPSA) is 60.4 Å². The lowest BCUT2D eigenvalue weighted by Gasteiger charge is -2.42. The molecule has 3 aliphatic heterocycles. The summed E-state index contributed by atoms with van der Waals surface area (Å²) in [5.41, 5.74) is 5.77. The molecule has 1 N–H and O–H groups in total. The molecule has 2 aromatic rings. The molecular weight excluding hydrogens is 346 g/mol. The molecule has 0 aliphatic carbocycles. The van der Waals surface area contributed by atoms with Gasteiger partial charge in [-0.25, -0.2) is 0 Å². The molecule has 3 heterocycles. The third kappa shape index (κ3) is 2.47.